The molecule has 0 nitrogen and oxygen atoms in total. The SMILES string of the molecule is c1ccc2cc(-c3c4ccccc4c(-c4ccc5ccccc5c4)c4cc(C56CC7CC(CC(C7)C5)C6)ccc34)ccc2c1. The number of hydrogen-bond acceptors (Lipinski definition) is 0. The Labute approximate surface area is 259 Å². The normalized spacial score (nSPS) is 24.1. The van der Waals surface area contributed by atoms with Crippen molar-refractivity contribution in [2.24, 2.45) is 17.8 Å². The monoisotopic (exact) mass is 564 g/mol. The summed E-state index contributed by atoms with van der Waals surface area (Å²) in [5, 5.41) is 10.7. The summed E-state index contributed by atoms with van der Waals surface area (Å²) in [6.07, 6.45) is 8.60. The molecular weight excluding hydrogens is 528 g/mol. The summed E-state index contributed by atoms with van der Waals surface area (Å²) in [5.41, 5.74) is 7.33. The second-order valence-electron chi connectivity index (χ2n) is 14.4. The minimum atomic E-state index is 0.359. The van der Waals surface area contributed by atoms with Gasteiger partial charge in [0, 0.05) is 0 Å². The molecule has 0 N–H and O–H groups in total. The standard InChI is InChI=1S/C44H36/c1-3-9-33-22-35(15-13-31(33)7-1)42-38-11-5-6-12-39(38)43(36-16-14-32-8-2-4-10-34(32)23-36)41-24-37(17-18-40(41)42)44-25-28-19-29(26-44)21-30(20-28)27-44/h1-18,22-24,28-30H,19-21,25-27H2. The maximum absolute atomic E-state index is 2.66. The fourth-order valence-corrected chi connectivity index (χ4v) is 10.3. The average Bonchev–Trinajstić information content (AvgIpc) is 3.06. The lowest BCUT2D eigenvalue weighted by Crippen LogP contribution is -2.48. The number of rotatable bonds is 3. The topological polar surface area (TPSA) is 0 Å². The Morgan fingerprint density at radius 2 is 0.841 bits per heavy atom. The zero-order valence-corrected chi connectivity index (χ0v) is 25.1. The molecule has 0 heteroatoms. The van der Waals surface area contributed by atoms with Crippen LogP contribution in [0.2, 0.25) is 0 Å². The van der Waals surface area contributed by atoms with Gasteiger partial charge in [-0.15, -0.1) is 0 Å². The minimum absolute atomic E-state index is 0.359. The molecule has 11 rings (SSSR count). The Balaban J connectivity index is 1.30. The van der Waals surface area contributed by atoms with Gasteiger partial charge in [0.1, 0.15) is 0 Å². The highest BCUT2D eigenvalue weighted by molar-refractivity contribution is 6.22. The zero-order chi connectivity index (χ0) is 28.8. The highest BCUT2D eigenvalue weighted by atomic mass is 14.6. The summed E-state index contributed by atoms with van der Waals surface area (Å²) in [7, 11) is 0. The van der Waals surface area contributed by atoms with E-state index in [0.717, 1.165) is 17.8 Å². The largest absolute Gasteiger partial charge is 0.0616 e. The van der Waals surface area contributed by atoms with Crippen molar-refractivity contribution < 1.29 is 0 Å². The van der Waals surface area contributed by atoms with Crippen LogP contribution in [0.3, 0.4) is 0 Å². The van der Waals surface area contributed by atoms with Crippen LogP contribution in [0, 0.1) is 17.8 Å². The lowest BCUT2D eigenvalue weighted by molar-refractivity contribution is -0.00512. The summed E-state index contributed by atoms with van der Waals surface area (Å²) in [6, 6.07) is 48.5. The molecule has 0 heterocycles. The molecule has 4 saturated carbocycles. The van der Waals surface area contributed by atoms with Gasteiger partial charge in [-0.05, 0) is 151 Å². The van der Waals surface area contributed by atoms with Gasteiger partial charge in [-0.2, -0.15) is 0 Å². The summed E-state index contributed by atoms with van der Waals surface area (Å²) < 4.78 is 0. The van der Waals surface area contributed by atoms with Gasteiger partial charge in [-0.25, -0.2) is 0 Å². The van der Waals surface area contributed by atoms with Crippen LogP contribution in [0.1, 0.15) is 44.1 Å². The van der Waals surface area contributed by atoms with Crippen LogP contribution < -0.4 is 0 Å². The molecule has 7 aromatic carbocycles. The zero-order valence-electron chi connectivity index (χ0n) is 25.1. The lowest BCUT2D eigenvalue weighted by atomic mass is 9.48. The fourth-order valence-electron chi connectivity index (χ4n) is 10.3. The molecule has 0 unspecified atom stereocenters. The second-order valence-corrected chi connectivity index (χ2v) is 14.4. The first-order valence-corrected chi connectivity index (χ1v) is 16.7. The van der Waals surface area contributed by atoms with E-state index in [0.29, 0.717) is 5.41 Å². The van der Waals surface area contributed by atoms with E-state index in [1.54, 1.807) is 5.56 Å². The Kier molecular flexibility index (Phi) is 5.27. The number of hydrogen-bond donors (Lipinski definition) is 0. The highest BCUT2D eigenvalue weighted by Crippen LogP contribution is 2.61. The van der Waals surface area contributed by atoms with Crippen LogP contribution in [0.5, 0.6) is 0 Å². The van der Waals surface area contributed by atoms with E-state index in [1.165, 1.54) is 104 Å². The third-order valence-electron chi connectivity index (χ3n) is 11.8. The molecular formula is C44H36. The average molecular weight is 565 g/mol. The summed E-state index contributed by atoms with van der Waals surface area (Å²) in [5.74, 6) is 2.80. The molecule has 212 valence electrons. The van der Waals surface area contributed by atoms with Gasteiger partial charge in [-0.3, -0.25) is 0 Å². The van der Waals surface area contributed by atoms with Crippen LogP contribution >= 0.6 is 0 Å². The van der Waals surface area contributed by atoms with Gasteiger partial charge < -0.3 is 0 Å². The van der Waals surface area contributed by atoms with Crippen molar-refractivity contribution in [2.45, 2.75) is 43.9 Å². The molecule has 4 bridgehead atoms. The van der Waals surface area contributed by atoms with E-state index >= 15 is 0 Å². The number of fused-ring (bicyclic) bond motifs is 4. The highest BCUT2D eigenvalue weighted by Gasteiger charge is 2.51. The van der Waals surface area contributed by atoms with E-state index in [2.05, 4.69) is 127 Å². The predicted octanol–water partition coefficient (Wildman–Crippen LogP) is 12.1. The maximum atomic E-state index is 2.66. The summed E-state index contributed by atoms with van der Waals surface area (Å²) >= 11 is 0. The molecule has 4 fully saturated rings. The minimum Gasteiger partial charge on any atom is -0.0616 e. The van der Waals surface area contributed by atoms with E-state index < -0.39 is 0 Å². The van der Waals surface area contributed by atoms with Gasteiger partial charge >= 0.3 is 0 Å². The van der Waals surface area contributed by atoms with Gasteiger partial charge in [-0.1, -0.05) is 109 Å². The predicted molar refractivity (Wildman–Crippen MR) is 187 cm³/mol. The third kappa shape index (κ3) is 3.70. The Morgan fingerprint density at radius 3 is 1.39 bits per heavy atom. The van der Waals surface area contributed by atoms with Crippen molar-refractivity contribution in [3.05, 3.63) is 133 Å². The van der Waals surface area contributed by atoms with Gasteiger partial charge in [0.15, 0.2) is 0 Å². The lowest BCUT2D eigenvalue weighted by Gasteiger charge is -2.57. The second kappa shape index (κ2) is 9.29. The molecule has 0 saturated heterocycles. The first kappa shape index (κ1) is 25.0. The molecule has 0 aromatic heterocycles. The van der Waals surface area contributed by atoms with Crippen molar-refractivity contribution in [1.29, 1.82) is 0 Å². The van der Waals surface area contributed by atoms with Crippen molar-refractivity contribution >= 4 is 43.1 Å². The molecule has 0 spiro atoms. The van der Waals surface area contributed by atoms with Crippen LogP contribution in [-0.2, 0) is 5.41 Å². The van der Waals surface area contributed by atoms with Crippen LogP contribution in [-0.4, -0.2) is 0 Å². The van der Waals surface area contributed by atoms with E-state index in [4.69, 9.17) is 0 Å². The molecule has 0 aliphatic heterocycles. The van der Waals surface area contributed by atoms with Gasteiger partial charge in [0.05, 0.1) is 0 Å². The van der Waals surface area contributed by atoms with Crippen molar-refractivity contribution in [3.8, 4) is 22.3 Å². The first-order valence-electron chi connectivity index (χ1n) is 16.7. The first-order chi connectivity index (χ1) is 21.7. The van der Waals surface area contributed by atoms with E-state index in [-0.39, 0.29) is 0 Å². The molecule has 7 aromatic rings. The summed E-state index contributed by atoms with van der Waals surface area (Å²) in [6.45, 7) is 0. The molecule has 4 aliphatic carbocycles. The molecule has 0 radical (unpaired) electrons. The third-order valence-corrected chi connectivity index (χ3v) is 11.8. The smallest absolute Gasteiger partial charge is 0.00260 e. The van der Waals surface area contributed by atoms with Crippen molar-refractivity contribution in [1.82, 2.24) is 0 Å². The molecule has 4 aliphatic rings. The Morgan fingerprint density at radius 1 is 0.386 bits per heavy atom. The number of benzene rings is 7. The van der Waals surface area contributed by atoms with Crippen LogP contribution in [0.4, 0.5) is 0 Å². The summed E-state index contributed by atoms with van der Waals surface area (Å²) in [4.78, 5) is 0. The van der Waals surface area contributed by atoms with Gasteiger partial charge in [0.25, 0.3) is 0 Å². The van der Waals surface area contributed by atoms with E-state index in [9.17, 15) is 0 Å². The fraction of sp³-hybridized carbons (Fsp3) is 0.227. The van der Waals surface area contributed by atoms with E-state index in [1.807, 2.05) is 0 Å². The van der Waals surface area contributed by atoms with Gasteiger partial charge in [0.2, 0.25) is 0 Å². The quantitative estimate of drug-likeness (QED) is 0.187. The van der Waals surface area contributed by atoms with Crippen LogP contribution in [0.15, 0.2) is 127 Å². The maximum Gasteiger partial charge on any atom is -0.00260 e. The van der Waals surface area contributed by atoms with Crippen molar-refractivity contribution in [3.63, 3.8) is 0 Å². The molecule has 44 heavy (non-hydrogen) atoms. The molecule has 0 atom stereocenters. The van der Waals surface area contributed by atoms with Crippen molar-refractivity contribution in [2.75, 3.05) is 0 Å². The Bertz CT molecular complexity index is 2230. The molecule has 0 amide bonds. The Hall–Kier alpha value is -4.42. The van der Waals surface area contributed by atoms with Crippen LogP contribution in [0.25, 0.3) is 65.3 Å².